The number of ether oxygens (including phenoxy) is 1. The monoisotopic (exact) mass is 638 g/mol. The fourth-order valence-corrected chi connectivity index (χ4v) is 6.67. The number of hydrazine groups is 1. The molecule has 2 N–H and O–H groups in total. The van der Waals surface area contributed by atoms with Gasteiger partial charge in [0.2, 0.25) is 11.8 Å². The molecule has 3 aromatic carbocycles. The summed E-state index contributed by atoms with van der Waals surface area (Å²) in [6, 6.07) is 21.3. The largest absolute Gasteiger partial charge is 0.508 e. The lowest BCUT2D eigenvalue weighted by molar-refractivity contribution is -0.189. The average Bonchev–Trinajstić information content (AvgIpc) is 3.08. The molecule has 2 atom stereocenters. The van der Waals surface area contributed by atoms with Gasteiger partial charge in [-0.25, -0.2) is 14.8 Å². The van der Waals surface area contributed by atoms with Crippen LogP contribution in [0.2, 0.25) is 0 Å². The number of urea groups is 1. The van der Waals surface area contributed by atoms with Gasteiger partial charge in [0, 0.05) is 44.8 Å². The molecule has 3 saturated heterocycles. The van der Waals surface area contributed by atoms with E-state index >= 15 is 0 Å². The number of amides is 4. The van der Waals surface area contributed by atoms with Gasteiger partial charge in [-0.2, -0.15) is 0 Å². The molecule has 11 nitrogen and oxygen atoms in total. The Labute approximate surface area is 275 Å². The number of benzene rings is 3. The number of nitrogens with zero attached hydrogens (tertiary/aromatic N) is 5. The molecule has 0 aromatic heterocycles. The number of anilines is 1. The fraction of sp³-hybridized carbons (Fsp3) is 0.361. The van der Waals surface area contributed by atoms with Crippen molar-refractivity contribution in [2.75, 3.05) is 50.8 Å². The van der Waals surface area contributed by atoms with Crippen molar-refractivity contribution in [2.45, 2.75) is 38.6 Å². The molecule has 6 rings (SSSR count). The highest BCUT2D eigenvalue weighted by Crippen LogP contribution is 2.31. The second-order valence-corrected chi connectivity index (χ2v) is 12.2. The van der Waals surface area contributed by atoms with Crippen LogP contribution in [0, 0.1) is 6.92 Å². The summed E-state index contributed by atoms with van der Waals surface area (Å²) in [5.41, 5.74) is 4.98. The number of hydrogen-bond donors (Lipinski definition) is 2. The van der Waals surface area contributed by atoms with Gasteiger partial charge in [0.05, 0.1) is 26.3 Å². The van der Waals surface area contributed by atoms with Crippen molar-refractivity contribution in [3.8, 4) is 5.75 Å². The fourth-order valence-electron chi connectivity index (χ4n) is 6.67. The lowest BCUT2D eigenvalue weighted by atomic mass is 9.98. The van der Waals surface area contributed by atoms with Gasteiger partial charge >= 0.3 is 6.03 Å². The number of aryl methyl sites for hydroxylation is 1. The van der Waals surface area contributed by atoms with Crippen LogP contribution in [-0.4, -0.2) is 101 Å². The summed E-state index contributed by atoms with van der Waals surface area (Å²) in [5, 5.41) is 16.2. The van der Waals surface area contributed by atoms with E-state index in [-0.39, 0.29) is 49.7 Å². The molecule has 3 fully saturated rings. The molecule has 47 heavy (non-hydrogen) atoms. The minimum absolute atomic E-state index is 0.0680. The van der Waals surface area contributed by atoms with Gasteiger partial charge in [0.1, 0.15) is 18.0 Å². The van der Waals surface area contributed by atoms with Crippen LogP contribution in [0.5, 0.6) is 5.75 Å². The van der Waals surface area contributed by atoms with Crippen molar-refractivity contribution in [1.82, 2.24) is 25.1 Å². The maximum absolute atomic E-state index is 14.4. The van der Waals surface area contributed by atoms with Gasteiger partial charge in [-0.05, 0) is 47.4 Å². The van der Waals surface area contributed by atoms with Crippen LogP contribution < -0.4 is 10.2 Å². The van der Waals surface area contributed by atoms with Crippen LogP contribution in [0.3, 0.4) is 0 Å². The van der Waals surface area contributed by atoms with Crippen molar-refractivity contribution in [2.24, 2.45) is 0 Å². The molecule has 3 heterocycles. The van der Waals surface area contributed by atoms with Crippen molar-refractivity contribution in [1.29, 1.82) is 0 Å². The van der Waals surface area contributed by atoms with Gasteiger partial charge < -0.3 is 29.9 Å². The zero-order valence-corrected chi connectivity index (χ0v) is 26.8. The number of aromatic hydroxyl groups is 1. The molecular formula is C36H42N6O5. The van der Waals surface area contributed by atoms with E-state index in [1.165, 1.54) is 0 Å². The molecule has 0 bridgehead atoms. The quantitative estimate of drug-likeness (QED) is 0.347. The number of fused-ring (bicyclic) bond motifs is 1. The number of carbonyl (C=O) groups excluding carboxylic acids is 3. The summed E-state index contributed by atoms with van der Waals surface area (Å²) in [4.78, 5) is 47.8. The van der Waals surface area contributed by atoms with E-state index in [0.29, 0.717) is 26.3 Å². The smallest absolute Gasteiger partial charge is 0.334 e. The molecule has 3 aliphatic heterocycles. The lowest BCUT2D eigenvalue weighted by Gasteiger charge is -2.55. The Morgan fingerprint density at radius 3 is 2.45 bits per heavy atom. The van der Waals surface area contributed by atoms with Gasteiger partial charge in [0.25, 0.3) is 0 Å². The van der Waals surface area contributed by atoms with E-state index in [4.69, 9.17) is 4.74 Å². The van der Waals surface area contributed by atoms with Gasteiger partial charge in [-0.3, -0.25) is 9.59 Å². The van der Waals surface area contributed by atoms with E-state index in [9.17, 15) is 19.5 Å². The normalized spacial score (nSPS) is 20.3. The maximum Gasteiger partial charge on any atom is 0.334 e. The molecule has 0 spiro atoms. The molecular weight excluding hydrogens is 596 g/mol. The summed E-state index contributed by atoms with van der Waals surface area (Å²) >= 11 is 0. The molecule has 246 valence electrons. The van der Waals surface area contributed by atoms with Crippen LogP contribution in [0.4, 0.5) is 10.5 Å². The molecule has 3 aromatic rings. The van der Waals surface area contributed by atoms with Crippen molar-refractivity contribution in [3.05, 3.63) is 108 Å². The lowest BCUT2D eigenvalue weighted by Crippen LogP contribution is -2.76. The van der Waals surface area contributed by atoms with E-state index in [2.05, 4.69) is 35.9 Å². The summed E-state index contributed by atoms with van der Waals surface area (Å²) in [7, 11) is 0. The predicted octanol–water partition coefficient (Wildman–Crippen LogP) is 3.27. The number of piperazine rings is 1. The Kier molecular flexibility index (Phi) is 9.74. The minimum Gasteiger partial charge on any atom is -0.508 e. The summed E-state index contributed by atoms with van der Waals surface area (Å²) in [5.74, 6) is -0.294. The van der Waals surface area contributed by atoms with E-state index in [1.807, 2.05) is 36.4 Å². The summed E-state index contributed by atoms with van der Waals surface area (Å²) < 4.78 is 5.56. The molecule has 0 unspecified atom stereocenters. The van der Waals surface area contributed by atoms with Crippen molar-refractivity contribution >= 4 is 23.5 Å². The summed E-state index contributed by atoms with van der Waals surface area (Å²) in [6.07, 6.45) is 1.17. The van der Waals surface area contributed by atoms with Crippen LogP contribution in [0.1, 0.15) is 22.3 Å². The molecule has 11 heteroatoms. The number of nitrogens with one attached hydrogen (secondary N) is 1. The van der Waals surface area contributed by atoms with Crippen molar-refractivity contribution < 1.29 is 24.2 Å². The third-order valence-corrected chi connectivity index (χ3v) is 9.03. The number of hydrogen-bond acceptors (Lipinski definition) is 7. The Hall–Kier alpha value is -4.87. The average molecular weight is 639 g/mol. The Bertz CT molecular complexity index is 1590. The van der Waals surface area contributed by atoms with Crippen LogP contribution in [0.15, 0.2) is 85.5 Å². The van der Waals surface area contributed by atoms with Gasteiger partial charge in [-0.1, -0.05) is 60.7 Å². The third-order valence-electron chi connectivity index (χ3n) is 9.03. The van der Waals surface area contributed by atoms with E-state index in [1.54, 1.807) is 50.2 Å². The number of phenols is 1. The SMILES string of the molecule is C=CCN1CC(=O)N2[C@@H](Cc3ccc(O)cc3)C(=O)N(Cc3ccc(C)c(N4CCOCC4)c3)C[C@@H]2N1C(=O)NCc1ccccc1. The highest BCUT2D eigenvalue weighted by molar-refractivity contribution is 5.91. The number of carbonyl (C=O) groups is 3. The first-order valence-corrected chi connectivity index (χ1v) is 16.1. The second kappa shape index (κ2) is 14.3. The second-order valence-electron chi connectivity index (χ2n) is 12.2. The maximum atomic E-state index is 14.4. The number of morpholine rings is 1. The standard InChI is InChI=1S/C36H42N6O5/c1-3-15-40-25-34(44)41-32(20-27-11-13-30(43)14-12-27)35(45)39(23-29-10-9-26(2)31(21-29)38-16-18-47-19-17-38)24-33(41)42(40)36(46)37-22-28-7-5-4-6-8-28/h3-14,21,32-33,43H,1,15-20,22-25H2,2H3,(H,37,46)/t32-,33-/m0/s1. The zero-order valence-electron chi connectivity index (χ0n) is 26.8. The molecule has 0 saturated carbocycles. The first-order valence-electron chi connectivity index (χ1n) is 16.1. The predicted molar refractivity (Wildman–Crippen MR) is 178 cm³/mol. The minimum atomic E-state index is -0.842. The van der Waals surface area contributed by atoms with Crippen LogP contribution in [0.25, 0.3) is 0 Å². The Morgan fingerprint density at radius 1 is 1.00 bits per heavy atom. The Balaban J connectivity index is 1.33. The van der Waals surface area contributed by atoms with E-state index < -0.39 is 12.2 Å². The van der Waals surface area contributed by atoms with Gasteiger partial charge in [0.15, 0.2) is 0 Å². The van der Waals surface area contributed by atoms with Crippen molar-refractivity contribution in [3.63, 3.8) is 0 Å². The molecule has 0 aliphatic carbocycles. The summed E-state index contributed by atoms with van der Waals surface area (Å²) in [6.45, 7) is 9.87. The van der Waals surface area contributed by atoms with E-state index in [0.717, 1.165) is 41.0 Å². The third kappa shape index (κ3) is 7.11. The molecule has 4 amide bonds. The Morgan fingerprint density at radius 2 is 1.72 bits per heavy atom. The first-order chi connectivity index (χ1) is 22.8. The number of rotatable bonds is 9. The highest BCUT2D eigenvalue weighted by atomic mass is 16.5. The molecule has 0 radical (unpaired) electrons. The number of phenolic OH excluding ortho intramolecular Hbond substituents is 1. The highest BCUT2D eigenvalue weighted by Gasteiger charge is 2.51. The van der Waals surface area contributed by atoms with Gasteiger partial charge in [-0.15, -0.1) is 6.58 Å². The molecule has 3 aliphatic rings. The topological polar surface area (TPSA) is 109 Å². The zero-order chi connectivity index (χ0) is 32.9. The van der Waals surface area contributed by atoms with Crippen LogP contribution >= 0.6 is 0 Å². The van der Waals surface area contributed by atoms with Crippen LogP contribution in [-0.2, 0) is 33.8 Å². The first kappa shape index (κ1) is 32.1.